The molecule has 0 spiro atoms. The lowest BCUT2D eigenvalue weighted by Gasteiger charge is -2.18. The summed E-state index contributed by atoms with van der Waals surface area (Å²) in [5.41, 5.74) is 0. The van der Waals surface area contributed by atoms with Crippen molar-refractivity contribution in [1.82, 2.24) is 0 Å². The molecule has 0 aliphatic heterocycles. The molecule has 424 valence electrons. The molecule has 0 aromatic carbocycles. The van der Waals surface area contributed by atoms with Crippen molar-refractivity contribution in [3.8, 4) is 0 Å². The lowest BCUT2D eigenvalue weighted by Crippen LogP contribution is -2.30. The molecule has 0 rings (SSSR count). The molecule has 0 amide bonds. The van der Waals surface area contributed by atoms with Crippen LogP contribution in [0, 0.1) is 0 Å². The average molecular weight is 1030 g/mol. The molecule has 0 saturated heterocycles. The van der Waals surface area contributed by atoms with E-state index in [1.165, 1.54) is 128 Å². The normalized spacial score (nSPS) is 12.7. The Balaban J connectivity index is 4.18. The van der Waals surface area contributed by atoms with Gasteiger partial charge in [0.15, 0.2) is 6.10 Å². The zero-order valence-electron chi connectivity index (χ0n) is 48.6. The first-order valence-corrected chi connectivity index (χ1v) is 31.2. The number of ether oxygens (including phenoxy) is 3. The Hall–Kier alpha value is -3.67. The Morgan fingerprint density at radius 2 is 0.554 bits per heavy atom. The smallest absolute Gasteiger partial charge is 0.306 e. The van der Waals surface area contributed by atoms with Gasteiger partial charge in [-0.25, -0.2) is 0 Å². The van der Waals surface area contributed by atoms with Gasteiger partial charge in [-0.3, -0.25) is 14.4 Å². The predicted octanol–water partition coefficient (Wildman–Crippen LogP) is 21.3. The number of unbranched alkanes of at least 4 members (excludes halogenated alkanes) is 29. The highest BCUT2D eigenvalue weighted by Crippen LogP contribution is 2.16. The molecule has 0 aromatic heterocycles. The molecule has 74 heavy (non-hydrogen) atoms. The van der Waals surface area contributed by atoms with Gasteiger partial charge in [-0.15, -0.1) is 0 Å². The van der Waals surface area contributed by atoms with Crippen LogP contribution >= 0.6 is 0 Å². The van der Waals surface area contributed by atoms with E-state index in [0.717, 1.165) is 128 Å². The number of esters is 3. The van der Waals surface area contributed by atoms with E-state index < -0.39 is 6.10 Å². The van der Waals surface area contributed by atoms with Gasteiger partial charge in [-0.05, 0) is 96.3 Å². The molecule has 1 unspecified atom stereocenters. The van der Waals surface area contributed by atoms with Gasteiger partial charge >= 0.3 is 17.9 Å². The maximum Gasteiger partial charge on any atom is 0.306 e. The minimum Gasteiger partial charge on any atom is -0.462 e. The minimum atomic E-state index is -0.783. The first kappa shape index (κ1) is 70.3. The summed E-state index contributed by atoms with van der Waals surface area (Å²) >= 11 is 0. The monoisotopic (exact) mass is 1030 g/mol. The van der Waals surface area contributed by atoms with Crippen LogP contribution in [0.3, 0.4) is 0 Å². The van der Waals surface area contributed by atoms with Crippen LogP contribution < -0.4 is 0 Å². The Morgan fingerprint density at radius 3 is 0.878 bits per heavy atom. The van der Waals surface area contributed by atoms with Gasteiger partial charge in [0.2, 0.25) is 0 Å². The van der Waals surface area contributed by atoms with Crippen LogP contribution in [0.15, 0.2) is 97.2 Å². The fraction of sp³-hybridized carbons (Fsp3) is 0.721. The molecule has 0 aromatic rings. The molecule has 0 bridgehead atoms. The summed E-state index contributed by atoms with van der Waals surface area (Å²) in [6, 6.07) is 0. The zero-order valence-corrected chi connectivity index (χ0v) is 48.6. The number of carbonyl (C=O) groups is 3. The first-order valence-electron chi connectivity index (χ1n) is 31.2. The topological polar surface area (TPSA) is 78.9 Å². The van der Waals surface area contributed by atoms with E-state index in [0.29, 0.717) is 19.3 Å². The van der Waals surface area contributed by atoms with Crippen molar-refractivity contribution >= 4 is 17.9 Å². The molecule has 0 saturated carbocycles. The second kappa shape index (κ2) is 61.9. The van der Waals surface area contributed by atoms with Crippen LogP contribution in [-0.4, -0.2) is 37.2 Å². The molecule has 0 radical (unpaired) electrons. The summed E-state index contributed by atoms with van der Waals surface area (Å²) in [6.07, 6.45) is 82.7. The van der Waals surface area contributed by atoms with Crippen molar-refractivity contribution in [1.29, 1.82) is 0 Å². The fourth-order valence-electron chi connectivity index (χ4n) is 8.66. The highest BCUT2D eigenvalue weighted by atomic mass is 16.6. The molecule has 1 atom stereocenters. The van der Waals surface area contributed by atoms with E-state index in [4.69, 9.17) is 14.2 Å². The van der Waals surface area contributed by atoms with E-state index in [-0.39, 0.29) is 31.1 Å². The largest absolute Gasteiger partial charge is 0.462 e. The van der Waals surface area contributed by atoms with Crippen molar-refractivity contribution in [2.24, 2.45) is 0 Å². The van der Waals surface area contributed by atoms with Gasteiger partial charge in [-0.2, -0.15) is 0 Å². The fourth-order valence-corrected chi connectivity index (χ4v) is 8.66. The van der Waals surface area contributed by atoms with Crippen molar-refractivity contribution < 1.29 is 28.6 Å². The SMILES string of the molecule is CC/C=C\C/C=C\C/C=C\C/C=C\C/C=C\C/C=C\CCCCCCCCCCCCCCC(=O)OCC(COC(=O)CCCCCCCCCCCCCC)OC(=O)CCCCCCC/C=C\C/C=C\CCC. The summed E-state index contributed by atoms with van der Waals surface area (Å²) in [4.78, 5) is 38.2. The molecule has 0 fully saturated rings. The number of rotatable bonds is 56. The molecule has 6 nitrogen and oxygen atoms in total. The number of allylic oxidation sites excluding steroid dienone is 16. The Kier molecular flexibility index (Phi) is 58.8. The number of hydrogen-bond acceptors (Lipinski definition) is 6. The molecular weight excluding hydrogens is 913 g/mol. The van der Waals surface area contributed by atoms with Crippen LogP contribution in [0.1, 0.15) is 297 Å². The van der Waals surface area contributed by atoms with Gasteiger partial charge in [0.25, 0.3) is 0 Å². The summed E-state index contributed by atoms with van der Waals surface area (Å²) in [6.45, 7) is 6.46. The Labute approximate surface area is 457 Å². The van der Waals surface area contributed by atoms with Crippen LogP contribution in [0.25, 0.3) is 0 Å². The van der Waals surface area contributed by atoms with Crippen LogP contribution in [0.4, 0.5) is 0 Å². The van der Waals surface area contributed by atoms with Gasteiger partial charge < -0.3 is 14.2 Å². The van der Waals surface area contributed by atoms with E-state index >= 15 is 0 Å². The lowest BCUT2D eigenvalue weighted by molar-refractivity contribution is -0.167. The van der Waals surface area contributed by atoms with Crippen molar-refractivity contribution in [3.05, 3.63) is 97.2 Å². The number of hydrogen-bond donors (Lipinski definition) is 0. The lowest BCUT2D eigenvalue weighted by atomic mass is 10.0. The van der Waals surface area contributed by atoms with E-state index in [1.54, 1.807) is 0 Å². The third-order valence-corrected chi connectivity index (χ3v) is 13.3. The second-order valence-electron chi connectivity index (χ2n) is 20.6. The molecule has 6 heteroatoms. The summed E-state index contributed by atoms with van der Waals surface area (Å²) in [7, 11) is 0. The quantitative estimate of drug-likeness (QED) is 0.0261. The van der Waals surface area contributed by atoms with Gasteiger partial charge in [0.1, 0.15) is 13.2 Å². The maximum absolute atomic E-state index is 12.8. The van der Waals surface area contributed by atoms with Crippen molar-refractivity contribution in [3.63, 3.8) is 0 Å². The summed E-state index contributed by atoms with van der Waals surface area (Å²) in [5.74, 6) is -0.889. The second-order valence-corrected chi connectivity index (χ2v) is 20.6. The molecular formula is C68H116O6. The standard InChI is InChI=1S/C68H116O6/c1-4-7-10-13-16-19-22-25-26-27-28-29-30-31-32-33-34-35-36-37-38-39-40-41-42-44-46-49-52-55-58-61-67(70)73-64-65(63-72-66(69)60-57-54-51-48-45-24-21-18-15-12-9-6-3)74-68(71)62-59-56-53-50-47-43-23-20-17-14-11-8-5-2/h7,10-11,14,16,19-20,23,25-26,28-29,31-32,34-35,65H,4-6,8-9,12-13,15,17-18,21-22,24,27,30,33,36-64H2,1-3H3/b10-7-,14-11-,19-16-,23-20-,26-25-,29-28-,32-31-,35-34-. The highest BCUT2D eigenvalue weighted by molar-refractivity contribution is 5.71. The molecule has 0 aliphatic rings. The molecule has 0 N–H and O–H groups in total. The highest BCUT2D eigenvalue weighted by Gasteiger charge is 2.19. The molecule has 0 heterocycles. The van der Waals surface area contributed by atoms with E-state index in [9.17, 15) is 14.4 Å². The van der Waals surface area contributed by atoms with Crippen molar-refractivity contribution in [2.75, 3.05) is 13.2 Å². The average Bonchev–Trinajstić information content (AvgIpc) is 3.40. The van der Waals surface area contributed by atoms with Crippen LogP contribution in [0.5, 0.6) is 0 Å². The zero-order chi connectivity index (χ0) is 53.6. The summed E-state index contributed by atoms with van der Waals surface area (Å²) < 4.78 is 16.9. The van der Waals surface area contributed by atoms with Gasteiger partial charge in [0, 0.05) is 19.3 Å². The van der Waals surface area contributed by atoms with Crippen LogP contribution in [-0.2, 0) is 28.6 Å². The van der Waals surface area contributed by atoms with E-state index in [1.807, 2.05) is 0 Å². The maximum atomic E-state index is 12.8. The predicted molar refractivity (Wildman–Crippen MR) is 320 cm³/mol. The molecule has 0 aliphatic carbocycles. The Morgan fingerprint density at radius 1 is 0.284 bits per heavy atom. The third-order valence-electron chi connectivity index (χ3n) is 13.3. The van der Waals surface area contributed by atoms with Gasteiger partial charge in [-0.1, -0.05) is 279 Å². The third kappa shape index (κ3) is 59.2. The van der Waals surface area contributed by atoms with Crippen molar-refractivity contribution in [2.45, 2.75) is 303 Å². The first-order chi connectivity index (χ1) is 36.5. The summed E-state index contributed by atoms with van der Waals surface area (Å²) in [5, 5.41) is 0. The minimum absolute atomic E-state index is 0.0803. The Bertz CT molecular complexity index is 1460. The van der Waals surface area contributed by atoms with Gasteiger partial charge in [0.05, 0.1) is 0 Å². The van der Waals surface area contributed by atoms with Crippen LogP contribution in [0.2, 0.25) is 0 Å². The van der Waals surface area contributed by atoms with E-state index in [2.05, 4.69) is 118 Å². The number of carbonyl (C=O) groups excluding carboxylic acids is 3.